The Morgan fingerprint density at radius 1 is 1.15 bits per heavy atom. The number of rotatable bonds is 6. The number of amides is 2. The summed E-state index contributed by atoms with van der Waals surface area (Å²) in [6.45, 7) is 0.683. The van der Waals surface area contributed by atoms with Crippen molar-refractivity contribution >= 4 is 27.5 Å². The van der Waals surface area contributed by atoms with Crippen LogP contribution in [-0.2, 0) is 26.1 Å². The zero-order valence-corrected chi connectivity index (χ0v) is 20.0. The number of fused-ring (bicyclic) bond motifs is 2. The average molecular weight is 488 g/mol. The summed E-state index contributed by atoms with van der Waals surface area (Å²) in [6.07, 6.45) is 1.96. The molecule has 2 aliphatic rings. The normalized spacial score (nSPS) is 22.5. The summed E-state index contributed by atoms with van der Waals surface area (Å²) in [4.78, 5) is 27.3. The van der Waals surface area contributed by atoms with Crippen molar-refractivity contribution in [2.75, 3.05) is 24.6 Å². The quantitative estimate of drug-likeness (QED) is 0.645. The number of hydrogen-bond acceptors (Lipinski definition) is 6. The molecule has 0 aromatic heterocycles. The molecule has 182 valence electrons. The molecule has 2 aromatic rings. The standard InChI is InChI=1S/C24H29N3O6S/c1-27-20-10-9-18(13-23(28)25-14-16-6-4-3-5-7-16)33-22(20)15-32-21-11-8-17(26-34(2,30)31)12-19(21)24(27)29/h3-8,11-12,18,20,22,26H,9-10,13-15H2,1-2H3,(H,25,28)/t18-,20+,22-/m1/s1. The van der Waals surface area contributed by atoms with E-state index in [4.69, 9.17) is 9.47 Å². The number of hydrogen-bond donors (Lipinski definition) is 2. The van der Waals surface area contributed by atoms with Crippen LogP contribution in [0.2, 0.25) is 0 Å². The summed E-state index contributed by atoms with van der Waals surface area (Å²) in [5, 5.41) is 2.93. The van der Waals surface area contributed by atoms with Crippen molar-refractivity contribution in [3.8, 4) is 5.75 Å². The Morgan fingerprint density at radius 2 is 1.91 bits per heavy atom. The van der Waals surface area contributed by atoms with Gasteiger partial charge in [0.25, 0.3) is 5.91 Å². The summed E-state index contributed by atoms with van der Waals surface area (Å²) in [5.74, 6) is 0.00457. The molecule has 1 fully saturated rings. The summed E-state index contributed by atoms with van der Waals surface area (Å²) in [5.41, 5.74) is 1.62. The van der Waals surface area contributed by atoms with Crippen LogP contribution in [0.1, 0.15) is 35.2 Å². The van der Waals surface area contributed by atoms with E-state index in [1.807, 2.05) is 30.3 Å². The molecule has 2 amide bonds. The first-order valence-corrected chi connectivity index (χ1v) is 13.1. The number of nitrogens with zero attached hydrogens (tertiary/aromatic N) is 1. The van der Waals surface area contributed by atoms with E-state index in [-0.39, 0.29) is 48.7 Å². The molecule has 0 bridgehead atoms. The number of carbonyl (C=O) groups excluding carboxylic acids is 2. The van der Waals surface area contributed by atoms with Gasteiger partial charge in [0.05, 0.1) is 30.4 Å². The molecular weight excluding hydrogens is 458 g/mol. The zero-order valence-electron chi connectivity index (χ0n) is 19.2. The lowest BCUT2D eigenvalue weighted by atomic mass is 9.94. The van der Waals surface area contributed by atoms with Gasteiger partial charge in [-0.3, -0.25) is 14.3 Å². The van der Waals surface area contributed by atoms with Gasteiger partial charge in [-0.2, -0.15) is 0 Å². The third-order valence-corrected chi connectivity index (χ3v) is 6.67. The van der Waals surface area contributed by atoms with Gasteiger partial charge in [-0.05, 0) is 36.6 Å². The molecule has 0 saturated carbocycles. The van der Waals surface area contributed by atoms with E-state index in [0.29, 0.717) is 30.8 Å². The highest BCUT2D eigenvalue weighted by atomic mass is 32.2. The molecule has 0 aliphatic carbocycles. The predicted octanol–water partition coefficient (Wildman–Crippen LogP) is 2.15. The monoisotopic (exact) mass is 487 g/mol. The van der Waals surface area contributed by atoms with Gasteiger partial charge in [-0.1, -0.05) is 30.3 Å². The van der Waals surface area contributed by atoms with Gasteiger partial charge in [-0.25, -0.2) is 8.42 Å². The van der Waals surface area contributed by atoms with E-state index in [1.54, 1.807) is 24.1 Å². The van der Waals surface area contributed by atoms with Crippen molar-refractivity contribution in [2.45, 2.75) is 44.1 Å². The second-order valence-corrected chi connectivity index (χ2v) is 10.5. The molecule has 2 N–H and O–H groups in total. The minimum atomic E-state index is -3.47. The van der Waals surface area contributed by atoms with Gasteiger partial charge in [0, 0.05) is 19.3 Å². The Balaban J connectivity index is 1.40. The maximum Gasteiger partial charge on any atom is 0.257 e. The van der Waals surface area contributed by atoms with Crippen LogP contribution in [0.4, 0.5) is 5.69 Å². The fraction of sp³-hybridized carbons (Fsp3) is 0.417. The van der Waals surface area contributed by atoms with E-state index < -0.39 is 10.0 Å². The van der Waals surface area contributed by atoms with Gasteiger partial charge in [0.1, 0.15) is 18.5 Å². The van der Waals surface area contributed by atoms with Crippen molar-refractivity contribution in [1.82, 2.24) is 10.2 Å². The molecule has 1 saturated heterocycles. The van der Waals surface area contributed by atoms with Gasteiger partial charge >= 0.3 is 0 Å². The fourth-order valence-corrected chi connectivity index (χ4v) is 4.94. The third-order valence-electron chi connectivity index (χ3n) is 6.06. The van der Waals surface area contributed by atoms with E-state index in [0.717, 1.165) is 11.8 Å². The van der Waals surface area contributed by atoms with Crippen LogP contribution in [-0.4, -0.2) is 63.3 Å². The van der Waals surface area contributed by atoms with Gasteiger partial charge in [0.2, 0.25) is 15.9 Å². The fourth-order valence-electron chi connectivity index (χ4n) is 4.38. The van der Waals surface area contributed by atoms with Crippen molar-refractivity contribution in [1.29, 1.82) is 0 Å². The van der Waals surface area contributed by atoms with E-state index in [9.17, 15) is 18.0 Å². The first-order valence-electron chi connectivity index (χ1n) is 11.2. The lowest BCUT2D eigenvalue weighted by molar-refractivity contribution is -0.134. The average Bonchev–Trinajstić information content (AvgIpc) is 2.80. The molecular formula is C24H29N3O6S. The first kappa shape index (κ1) is 24.0. The predicted molar refractivity (Wildman–Crippen MR) is 127 cm³/mol. The first-order chi connectivity index (χ1) is 16.2. The molecule has 0 radical (unpaired) electrons. The van der Waals surface area contributed by atoms with Crippen LogP contribution in [0, 0.1) is 0 Å². The van der Waals surface area contributed by atoms with Gasteiger partial charge in [-0.15, -0.1) is 0 Å². The van der Waals surface area contributed by atoms with Crippen molar-refractivity contribution < 1.29 is 27.5 Å². The summed E-state index contributed by atoms with van der Waals surface area (Å²) >= 11 is 0. The van der Waals surface area contributed by atoms with Crippen molar-refractivity contribution in [3.63, 3.8) is 0 Å². The second kappa shape index (κ2) is 10.0. The van der Waals surface area contributed by atoms with Crippen LogP contribution < -0.4 is 14.8 Å². The number of carbonyl (C=O) groups is 2. The highest BCUT2D eigenvalue weighted by Gasteiger charge is 2.39. The lowest BCUT2D eigenvalue weighted by Gasteiger charge is -2.42. The third kappa shape index (κ3) is 5.87. The van der Waals surface area contributed by atoms with Gasteiger partial charge in [0.15, 0.2) is 0 Å². The van der Waals surface area contributed by atoms with Crippen LogP contribution in [0.25, 0.3) is 0 Å². The summed E-state index contributed by atoms with van der Waals surface area (Å²) in [6, 6.07) is 14.1. The Kier molecular flexibility index (Phi) is 7.08. The van der Waals surface area contributed by atoms with E-state index in [1.165, 1.54) is 6.07 Å². The van der Waals surface area contributed by atoms with Crippen LogP contribution >= 0.6 is 0 Å². The van der Waals surface area contributed by atoms with E-state index in [2.05, 4.69) is 10.0 Å². The highest BCUT2D eigenvalue weighted by molar-refractivity contribution is 7.92. The number of anilines is 1. The van der Waals surface area contributed by atoms with Crippen LogP contribution in [0.5, 0.6) is 5.75 Å². The largest absolute Gasteiger partial charge is 0.490 e. The minimum Gasteiger partial charge on any atom is -0.490 e. The zero-order chi connectivity index (χ0) is 24.3. The molecule has 2 heterocycles. The highest BCUT2D eigenvalue weighted by Crippen LogP contribution is 2.32. The number of likely N-dealkylation sites (N-methyl/N-ethyl adjacent to an activating group) is 1. The topological polar surface area (TPSA) is 114 Å². The van der Waals surface area contributed by atoms with Crippen LogP contribution in [0.15, 0.2) is 48.5 Å². The Hall–Kier alpha value is -3.11. The molecule has 4 rings (SSSR count). The molecule has 0 unspecified atom stereocenters. The molecule has 10 heteroatoms. The van der Waals surface area contributed by atoms with Gasteiger partial charge < -0.3 is 19.7 Å². The molecule has 34 heavy (non-hydrogen) atoms. The molecule has 2 aromatic carbocycles. The molecule has 9 nitrogen and oxygen atoms in total. The lowest BCUT2D eigenvalue weighted by Crippen LogP contribution is -2.53. The summed E-state index contributed by atoms with van der Waals surface area (Å²) < 4.78 is 37.6. The summed E-state index contributed by atoms with van der Waals surface area (Å²) in [7, 11) is -1.76. The molecule has 3 atom stereocenters. The van der Waals surface area contributed by atoms with Crippen LogP contribution in [0.3, 0.4) is 0 Å². The molecule has 0 spiro atoms. The number of sulfonamides is 1. The number of ether oxygens (including phenoxy) is 2. The Morgan fingerprint density at radius 3 is 2.65 bits per heavy atom. The number of nitrogens with one attached hydrogen (secondary N) is 2. The maximum absolute atomic E-state index is 13.2. The van der Waals surface area contributed by atoms with Crippen molar-refractivity contribution in [3.05, 3.63) is 59.7 Å². The second-order valence-electron chi connectivity index (χ2n) is 8.72. The Labute approximate surface area is 199 Å². The molecule has 2 aliphatic heterocycles. The smallest absolute Gasteiger partial charge is 0.257 e. The Bertz CT molecular complexity index is 1150. The maximum atomic E-state index is 13.2. The SMILES string of the molecule is CN1C(=O)c2cc(NS(C)(=O)=O)ccc2OC[C@H]2O[C@@H](CC(=O)NCc3ccccc3)CC[C@@H]21. The van der Waals surface area contributed by atoms with E-state index >= 15 is 0 Å². The number of benzene rings is 2. The van der Waals surface area contributed by atoms with Crippen molar-refractivity contribution in [2.24, 2.45) is 0 Å². The minimum absolute atomic E-state index is 0.0836.